The number of fused-ring (bicyclic) bond motifs is 1. The normalized spacial score (nSPS) is 22.8. The quantitative estimate of drug-likeness (QED) is 0.194. The summed E-state index contributed by atoms with van der Waals surface area (Å²) in [6.07, 6.45) is 3.88. The highest BCUT2D eigenvalue weighted by molar-refractivity contribution is 5.81. The number of carbonyl (C=O) groups excluding carboxylic acids is 1. The highest BCUT2D eigenvalue weighted by Gasteiger charge is 2.49. The number of nitrogens with zero attached hydrogens (tertiary/aromatic N) is 4. The van der Waals surface area contributed by atoms with Gasteiger partial charge in [-0.15, -0.1) is 6.42 Å². The molecule has 0 aliphatic carbocycles. The number of aliphatic hydroxyl groups is 1. The van der Waals surface area contributed by atoms with Gasteiger partial charge in [0, 0.05) is 13.5 Å². The van der Waals surface area contributed by atoms with Gasteiger partial charge in [-0.25, -0.2) is 9.78 Å². The molecule has 1 fully saturated rings. The van der Waals surface area contributed by atoms with Crippen LogP contribution in [0, 0.1) is 18.4 Å². The number of methoxy groups -OCH3 is 1. The zero-order chi connectivity index (χ0) is 23.1. The second-order valence-corrected chi connectivity index (χ2v) is 6.88. The molecule has 0 amide bonds. The molecule has 3 atom stereocenters. The predicted molar refractivity (Wildman–Crippen MR) is 106 cm³/mol. The van der Waals surface area contributed by atoms with Gasteiger partial charge in [0.25, 0.3) is 0 Å². The van der Waals surface area contributed by atoms with E-state index in [1.807, 2.05) is 0 Å². The van der Waals surface area contributed by atoms with Gasteiger partial charge in [0.2, 0.25) is 0 Å². The fourth-order valence-electron chi connectivity index (χ4n) is 3.09. The van der Waals surface area contributed by atoms with Gasteiger partial charge in [-0.1, -0.05) is 5.92 Å². The minimum absolute atomic E-state index is 0.0219. The second kappa shape index (κ2) is 10.6. The minimum atomic E-state index is -1.61. The Morgan fingerprint density at radius 2 is 2.16 bits per heavy atom. The maximum atomic E-state index is 13.6. The molecule has 0 unspecified atom stereocenters. The summed E-state index contributed by atoms with van der Waals surface area (Å²) in [4.78, 5) is 23.1. The number of imidazole rings is 1. The Hall–Kier alpha value is -2.89. The Morgan fingerprint density at radius 1 is 1.41 bits per heavy atom. The standard InChI is InChI=1S/C19H24FN5O7/c1-3-19(10-31-14(27)9-30-7-6-29-5-4-28-2)12(26)8-13(32-19)25-11-22-15-16(21)23-18(20)24-17(15)25/h1,11-13,26H,4-10H2,2H3,(H2,21,23,24)/t12-,13+,19+/m0/s1. The van der Waals surface area contributed by atoms with E-state index >= 15 is 0 Å². The summed E-state index contributed by atoms with van der Waals surface area (Å²) in [5.74, 6) is 1.53. The summed E-state index contributed by atoms with van der Waals surface area (Å²) in [6.45, 7) is 0.630. The first-order valence-corrected chi connectivity index (χ1v) is 9.69. The molecule has 174 valence electrons. The summed E-state index contributed by atoms with van der Waals surface area (Å²) in [7, 11) is 1.56. The molecule has 2 aromatic rings. The lowest BCUT2D eigenvalue weighted by atomic mass is 9.99. The molecule has 3 N–H and O–H groups in total. The largest absolute Gasteiger partial charge is 0.460 e. The van der Waals surface area contributed by atoms with E-state index in [2.05, 4.69) is 20.9 Å². The molecule has 0 radical (unpaired) electrons. The maximum Gasteiger partial charge on any atom is 0.332 e. The number of hydrogen-bond donors (Lipinski definition) is 2. The van der Waals surface area contributed by atoms with Gasteiger partial charge in [-0.2, -0.15) is 14.4 Å². The van der Waals surface area contributed by atoms with Crippen LogP contribution in [-0.4, -0.2) is 89.1 Å². The number of ether oxygens (including phenoxy) is 5. The first-order chi connectivity index (χ1) is 15.4. The first-order valence-electron chi connectivity index (χ1n) is 9.69. The summed E-state index contributed by atoms with van der Waals surface area (Å²) in [5, 5.41) is 10.5. The van der Waals surface area contributed by atoms with Gasteiger partial charge in [0.1, 0.15) is 25.5 Å². The van der Waals surface area contributed by atoms with Crippen LogP contribution in [0.4, 0.5) is 10.2 Å². The van der Waals surface area contributed by atoms with Gasteiger partial charge < -0.3 is 34.5 Å². The number of anilines is 1. The lowest BCUT2D eigenvalue weighted by Crippen LogP contribution is -2.43. The number of terminal acetylenes is 1. The fourth-order valence-corrected chi connectivity index (χ4v) is 3.09. The van der Waals surface area contributed by atoms with Crippen molar-refractivity contribution in [1.29, 1.82) is 0 Å². The zero-order valence-corrected chi connectivity index (χ0v) is 17.4. The average molecular weight is 453 g/mol. The third kappa shape index (κ3) is 5.29. The number of aliphatic hydroxyl groups excluding tert-OH is 1. The minimum Gasteiger partial charge on any atom is -0.460 e. The van der Waals surface area contributed by atoms with Crippen molar-refractivity contribution in [3.8, 4) is 12.3 Å². The van der Waals surface area contributed by atoms with Crippen LogP contribution in [0.15, 0.2) is 6.33 Å². The van der Waals surface area contributed by atoms with E-state index in [4.69, 9.17) is 35.8 Å². The van der Waals surface area contributed by atoms with Crippen molar-refractivity contribution >= 4 is 23.0 Å². The number of esters is 1. The van der Waals surface area contributed by atoms with Crippen LogP contribution in [0.1, 0.15) is 12.6 Å². The highest BCUT2D eigenvalue weighted by atomic mass is 19.1. The van der Waals surface area contributed by atoms with E-state index < -0.39 is 36.6 Å². The lowest BCUT2D eigenvalue weighted by molar-refractivity contribution is -0.161. The summed E-state index contributed by atoms with van der Waals surface area (Å²) in [5.41, 5.74) is 4.31. The topological polar surface area (TPSA) is 153 Å². The molecular weight excluding hydrogens is 429 g/mol. The van der Waals surface area contributed by atoms with Crippen LogP contribution in [0.25, 0.3) is 11.2 Å². The van der Waals surface area contributed by atoms with Crippen LogP contribution in [0.3, 0.4) is 0 Å². The van der Waals surface area contributed by atoms with Gasteiger partial charge in [-0.05, 0) is 0 Å². The molecule has 3 rings (SSSR count). The summed E-state index contributed by atoms with van der Waals surface area (Å²) in [6, 6.07) is 0. The summed E-state index contributed by atoms with van der Waals surface area (Å²) >= 11 is 0. The maximum absolute atomic E-state index is 13.6. The Balaban J connectivity index is 1.56. The molecule has 0 spiro atoms. The molecule has 0 saturated carbocycles. The SMILES string of the molecule is C#C[C@]1(COC(=O)COCCOCCOC)O[C@@H](n2cnc3c(N)nc(F)nc32)C[C@@H]1O. The fraction of sp³-hybridized carbons (Fsp3) is 0.579. The van der Waals surface area contributed by atoms with Crippen molar-refractivity contribution in [3.63, 3.8) is 0 Å². The van der Waals surface area contributed by atoms with Gasteiger partial charge in [0.05, 0.1) is 32.8 Å². The molecule has 2 aromatic heterocycles. The van der Waals surface area contributed by atoms with E-state index in [0.29, 0.717) is 19.8 Å². The van der Waals surface area contributed by atoms with Crippen LogP contribution >= 0.6 is 0 Å². The van der Waals surface area contributed by atoms with Gasteiger partial charge in [0.15, 0.2) is 22.6 Å². The van der Waals surface area contributed by atoms with E-state index in [1.165, 1.54) is 10.9 Å². The molecule has 0 aromatic carbocycles. The van der Waals surface area contributed by atoms with Crippen LogP contribution in [0.2, 0.25) is 0 Å². The van der Waals surface area contributed by atoms with Crippen LogP contribution in [-0.2, 0) is 28.5 Å². The molecule has 1 aliphatic heterocycles. The van der Waals surface area contributed by atoms with E-state index in [0.717, 1.165) is 0 Å². The predicted octanol–water partition coefficient (Wildman–Crippen LogP) is -0.578. The van der Waals surface area contributed by atoms with Gasteiger partial charge in [-0.3, -0.25) is 4.57 Å². The molecule has 3 heterocycles. The smallest absolute Gasteiger partial charge is 0.332 e. The number of nitrogens with two attached hydrogens (primary N) is 1. The molecule has 13 heteroatoms. The van der Waals surface area contributed by atoms with Crippen molar-refractivity contribution in [1.82, 2.24) is 19.5 Å². The summed E-state index contributed by atoms with van der Waals surface area (Å²) < 4.78 is 41.2. The van der Waals surface area contributed by atoms with Crippen LogP contribution in [0.5, 0.6) is 0 Å². The Labute approximate surface area is 182 Å². The zero-order valence-electron chi connectivity index (χ0n) is 17.4. The van der Waals surface area contributed by atoms with Crippen molar-refractivity contribution < 1.29 is 38.0 Å². The first kappa shape index (κ1) is 23.8. The Morgan fingerprint density at radius 3 is 2.91 bits per heavy atom. The van der Waals surface area contributed by atoms with E-state index in [1.54, 1.807) is 7.11 Å². The van der Waals surface area contributed by atoms with Crippen molar-refractivity contribution in [3.05, 3.63) is 12.4 Å². The lowest BCUT2D eigenvalue weighted by Gasteiger charge is -2.26. The average Bonchev–Trinajstić information content (AvgIpc) is 3.33. The third-order valence-electron chi connectivity index (χ3n) is 4.76. The number of nitrogen functional groups attached to an aromatic ring is 1. The molecule has 1 aliphatic rings. The molecule has 12 nitrogen and oxygen atoms in total. The number of hydrogen-bond acceptors (Lipinski definition) is 11. The highest BCUT2D eigenvalue weighted by Crippen LogP contribution is 2.38. The van der Waals surface area contributed by atoms with Crippen molar-refractivity contribution in [2.75, 3.05) is 52.5 Å². The molecule has 32 heavy (non-hydrogen) atoms. The number of aromatic nitrogens is 4. The van der Waals surface area contributed by atoms with E-state index in [-0.39, 0.29) is 36.6 Å². The Kier molecular flexibility index (Phi) is 7.89. The van der Waals surface area contributed by atoms with E-state index in [9.17, 15) is 14.3 Å². The van der Waals surface area contributed by atoms with Crippen molar-refractivity contribution in [2.24, 2.45) is 0 Å². The molecule has 0 bridgehead atoms. The number of carbonyl (C=O) groups is 1. The van der Waals surface area contributed by atoms with Crippen molar-refractivity contribution in [2.45, 2.75) is 24.4 Å². The number of halogens is 1. The molecule has 1 saturated heterocycles. The monoisotopic (exact) mass is 453 g/mol. The Bertz CT molecular complexity index is 981. The van der Waals surface area contributed by atoms with Gasteiger partial charge >= 0.3 is 12.0 Å². The third-order valence-corrected chi connectivity index (χ3v) is 4.76. The second-order valence-electron chi connectivity index (χ2n) is 6.88. The van der Waals surface area contributed by atoms with Crippen LogP contribution < -0.4 is 5.73 Å². The number of rotatable bonds is 11. The molecular formula is C19H24FN5O7.